The van der Waals surface area contributed by atoms with E-state index in [4.69, 9.17) is 0 Å². The first kappa shape index (κ1) is 11.5. The monoisotopic (exact) mass is 235 g/mol. The lowest BCUT2D eigenvalue weighted by atomic mass is 9.98. The highest BCUT2D eigenvalue weighted by molar-refractivity contribution is 7.80. The summed E-state index contributed by atoms with van der Waals surface area (Å²) in [7, 11) is 0. The van der Waals surface area contributed by atoms with Crippen molar-refractivity contribution < 1.29 is 4.79 Å². The van der Waals surface area contributed by atoms with Crippen LogP contribution in [-0.4, -0.2) is 11.7 Å². The first-order valence-corrected chi connectivity index (χ1v) is 6.45. The van der Waals surface area contributed by atoms with E-state index >= 15 is 0 Å². The molecule has 0 saturated heterocycles. The zero-order valence-electron chi connectivity index (χ0n) is 9.33. The van der Waals surface area contributed by atoms with E-state index in [1.165, 1.54) is 17.5 Å². The third-order valence-corrected chi connectivity index (χ3v) is 3.25. The van der Waals surface area contributed by atoms with E-state index in [0.717, 1.165) is 30.7 Å². The Kier molecular flexibility index (Phi) is 3.88. The van der Waals surface area contributed by atoms with Crippen LogP contribution in [-0.2, 0) is 17.6 Å². The number of rotatable bonds is 4. The molecular weight excluding hydrogens is 218 g/mol. The molecule has 0 aromatic heterocycles. The van der Waals surface area contributed by atoms with Crippen LogP contribution in [0.3, 0.4) is 0 Å². The molecule has 0 bridgehead atoms. The molecule has 2 rings (SSSR count). The van der Waals surface area contributed by atoms with Gasteiger partial charge in [0.05, 0.1) is 0 Å². The minimum absolute atomic E-state index is 0.135. The number of carbonyl (C=O) groups is 1. The fourth-order valence-corrected chi connectivity index (χ4v) is 2.26. The van der Waals surface area contributed by atoms with Crippen LogP contribution in [0.4, 0.5) is 5.69 Å². The smallest absolute Gasteiger partial charge is 0.224 e. The summed E-state index contributed by atoms with van der Waals surface area (Å²) in [6.45, 7) is 0. The highest BCUT2D eigenvalue weighted by Crippen LogP contribution is 2.24. The van der Waals surface area contributed by atoms with Gasteiger partial charge in [-0.15, -0.1) is 0 Å². The van der Waals surface area contributed by atoms with Crippen LogP contribution in [0.15, 0.2) is 18.2 Å². The first-order chi connectivity index (χ1) is 7.79. The lowest BCUT2D eigenvalue weighted by Gasteiger charge is -2.17. The van der Waals surface area contributed by atoms with E-state index in [2.05, 4.69) is 30.1 Å². The fraction of sp³-hybridized carbons (Fsp3) is 0.462. The molecule has 0 saturated carbocycles. The normalized spacial score (nSPS) is 14.4. The molecule has 0 spiro atoms. The summed E-state index contributed by atoms with van der Waals surface area (Å²) >= 11 is 4.21. The molecule has 86 valence electrons. The summed E-state index contributed by atoms with van der Waals surface area (Å²) < 4.78 is 0. The second kappa shape index (κ2) is 5.39. The van der Waals surface area contributed by atoms with Gasteiger partial charge in [-0.05, 0) is 48.6 Å². The maximum absolute atomic E-state index is 11.2. The molecule has 0 unspecified atom stereocenters. The van der Waals surface area contributed by atoms with Gasteiger partial charge in [0, 0.05) is 12.1 Å². The number of nitrogens with one attached hydrogen (secondary N) is 1. The van der Waals surface area contributed by atoms with Gasteiger partial charge in [0.1, 0.15) is 0 Å². The van der Waals surface area contributed by atoms with Crippen molar-refractivity contribution in [2.45, 2.75) is 32.1 Å². The second-order valence-corrected chi connectivity index (χ2v) is 4.67. The minimum atomic E-state index is 0.135. The summed E-state index contributed by atoms with van der Waals surface area (Å²) in [5, 5.41) is 2.90. The molecule has 0 fully saturated rings. The molecule has 0 aliphatic carbocycles. The Morgan fingerprint density at radius 1 is 1.25 bits per heavy atom. The number of aryl methyl sites for hydroxylation is 2. The number of amides is 1. The first-order valence-electron chi connectivity index (χ1n) is 5.82. The average Bonchev–Trinajstić information content (AvgIpc) is 2.29. The van der Waals surface area contributed by atoms with Crippen LogP contribution in [0, 0.1) is 0 Å². The Morgan fingerprint density at radius 2 is 2.12 bits per heavy atom. The van der Waals surface area contributed by atoms with Crippen molar-refractivity contribution in [3.63, 3.8) is 0 Å². The Hall–Kier alpha value is -0.960. The van der Waals surface area contributed by atoms with E-state index in [1.807, 2.05) is 6.07 Å². The zero-order chi connectivity index (χ0) is 11.4. The van der Waals surface area contributed by atoms with Gasteiger partial charge < -0.3 is 5.32 Å². The predicted molar refractivity (Wildman–Crippen MR) is 70.2 cm³/mol. The third-order valence-electron chi connectivity index (χ3n) is 2.94. The maximum Gasteiger partial charge on any atom is 0.224 e. The molecule has 1 heterocycles. The Balaban J connectivity index is 2.04. The summed E-state index contributed by atoms with van der Waals surface area (Å²) in [5.74, 6) is 1.09. The second-order valence-electron chi connectivity index (χ2n) is 4.22. The topological polar surface area (TPSA) is 29.1 Å². The number of unbranched alkanes of at least 4 members (excludes halogenated alkanes) is 1. The summed E-state index contributed by atoms with van der Waals surface area (Å²) in [5.41, 5.74) is 3.65. The SMILES string of the molecule is O=C1CCc2cc(CCCCS)ccc2N1. The van der Waals surface area contributed by atoms with Gasteiger partial charge in [-0.3, -0.25) is 4.79 Å². The number of fused-ring (bicyclic) bond motifs is 1. The number of hydrogen-bond acceptors (Lipinski definition) is 2. The molecule has 1 aliphatic rings. The molecule has 16 heavy (non-hydrogen) atoms. The number of benzene rings is 1. The maximum atomic E-state index is 11.2. The van der Waals surface area contributed by atoms with Crippen molar-refractivity contribution in [3.8, 4) is 0 Å². The Labute approximate surface area is 102 Å². The molecule has 2 nitrogen and oxygen atoms in total. The van der Waals surface area contributed by atoms with Crippen molar-refractivity contribution >= 4 is 24.2 Å². The Morgan fingerprint density at radius 3 is 2.94 bits per heavy atom. The number of thiol groups is 1. The van der Waals surface area contributed by atoms with Gasteiger partial charge in [0.15, 0.2) is 0 Å². The standard InChI is InChI=1S/C13H17NOS/c15-13-7-5-11-9-10(3-1-2-8-16)4-6-12(11)14-13/h4,6,9,16H,1-3,5,7-8H2,(H,14,15). The van der Waals surface area contributed by atoms with Gasteiger partial charge in [0.2, 0.25) is 5.91 Å². The van der Waals surface area contributed by atoms with Gasteiger partial charge in [-0.25, -0.2) is 0 Å². The van der Waals surface area contributed by atoms with E-state index in [1.54, 1.807) is 0 Å². The van der Waals surface area contributed by atoms with E-state index < -0.39 is 0 Å². The van der Waals surface area contributed by atoms with Crippen LogP contribution in [0.25, 0.3) is 0 Å². The Bertz CT molecular complexity index is 390. The number of carbonyl (C=O) groups excluding carboxylic acids is 1. The molecule has 3 heteroatoms. The van der Waals surface area contributed by atoms with Crippen LogP contribution >= 0.6 is 12.6 Å². The van der Waals surface area contributed by atoms with Gasteiger partial charge in [0.25, 0.3) is 0 Å². The lowest BCUT2D eigenvalue weighted by molar-refractivity contribution is -0.116. The quantitative estimate of drug-likeness (QED) is 0.610. The zero-order valence-corrected chi connectivity index (χ0v) is 10.2. The summed E-state index contributed by atoms with van der Waals surface area (Å²) in [6, 6.07) is 6.37. The molecule has 1 aliphatic heterocycles. The van der Waals surface area contributed by atoms with Crippen molar-refractivity contribution in [2.24, 2.45) is 0 Å². The summed E-state index contributed by atoms with van der Waals surface area (Å²) in [6.07, 6.45) is 4.96. The molecule has 1 N–H and O–H groups in total. The van der Waals surface area contributed by atoms with Crippen molar-refractivity contribution in [2.75, 3.05) is 11.1 Å². The van der Waals surface area contributed by atoms with E-state index in [9.17, 15) is 4.79 Å². The molecule has 1 aromatic rings. The molecule has 0 radical (unpaired) electrons. The van der Waals surface area contributed by atoms with Crippen LogP contribution in [0.2, 0.25) is 0 Å². The highest BCUT2D eigenvalue weighted by Gasteiger charge is 2.14. The fourth-order valence-electron chi connectivity index (χ4n) is 2.03. The van der Waals surface area contributed by atoms with E-state index in [-0.39, 0.29) is 5.91 Å². The number of hydrogen-bond donors (Lipinski definition) is 2. The van der Waals surface area contributed by atoms with Crippen LogP contribution in [0.5, 0.6) is 0 Å². The molecule has 0 atom stereocenters. The van der Waals surface area contributed by atoms with Crippen molar-refractivity contribution in [1.29, 1.82) is 0 Å². The minimum Gasteiger partial charge on any atom is -0.326 e. The lowest BCUT2D eigenvalue weighted by Crippen LogP contribution is -2.18. The van der Waals surface area contributed by atoms with Crippen molar-refractivity contribution in [1.82, 2.24) is 0 Å². The van der Waals surface area contributed by atoms with Gasteiger partial charge in [-0.2, -0.15) is 12.6 Å². The molecule has 1 amide bonds. The van der Waals surface area contributed by atoms with Crippen molar-refractivity contribution in [3.05, 3.63) is 29.3 Å². The predicted octanol–water partition coefficient (Wildman–Crippen LogP) is 2.82. The van der Waals surface area contributed by atoms with Gasteiger partial charge >= 0.3 is 0 Å². The molecular formula is C13H17NOS. The van der Waals surface area contributed by atoms with Gasteiger partial charge in [-0.1, -0.05) is 12.1 Å². The average molecular weight is 235 g/mol. The van der Waals surface area contributed by atoms with Crippen LogP contribution < -0.4 is 5.32 Å². The highest BCUT2D eigenvalue weighted by atomic mass is 32.1. The van der Waals surface area contributed by atoms with E-state index in [0.29, 0.717) is 6.42 Å². The largest absolute Gasteiger partial charge is 0.326 e. The number of anilines is 1. The molecule has 1 aromatic carbocycles. The summed E-state index contributed by atoms with van der Waals surface area (Å²) in [4.78, 5) is 11.2. The third kappa shape index (κ3) is 2.79. The van der Waals surface area contributed by atoms with Crippen LogP contribution in [0.1, 0.15) is 30.4 Å².